The number of hydrogen-bond acceptors (Lipinski definition) is 3. The topological polar surface area (TPSA) is 66.5 Å². The number of hydrogen-bond donors (Lipinski definition) is 1. The summed E-state index contributed by atoms with van der Waals surface area (Å²) in [5.41, 5.74) is 2.06. The third kappa shape index (κ3) is 1.60. The van der Waals surface area contributed by atoms with E-state index >= 15 is 0 Å². The number of rotatable bonds is 1. The Morgan fingerprint density at radius 2 is 1.76 bits per heavy atom. The molecule has 1 N–H and O–H groups in total. The average Bonchev–Trinajstić information content (AvgIpc) is 2.84. The molecule has 0 unspecified atom stereocenters. The highest BCUT2D eigenvalue weighted by Gasteiger charge is 2.57. The molecule has 0 atom stereocenters. The van der Waals surface area contributed by atoms with Crippen LogP contribution in [0.2, 0.25) is 0 Å². The molecule has 4 amide bonds. The number of aryl methyl sites for hydroxylation is 2. The van der Waals surface area contributed by atoms with Gasteiger partial charge in [-0.25, -0.2) is 9.69 Å². The number of anilines is 1. The van der Waals surface area contributed by atoms with E-state index in [2.05, 4.69) is 5.32 Å². The minimum atomic E-state index is -1.01. The minimum Gasteiger partial charge on any atom is -0.276 e. The Morgan fingerprint density at radius 3 is 2.48 bits per heavy atom. The predicted octanol–water partition coefficient (Wildman–Crippen LogP) is 1.93. The summed E-state index contributed by atoms with van der Waals surface area (Å²) < 4.78 is 0. The van der Waals surface area contributed by atoms with Crippen LogP contribution in [0.4, 0.5) is 10.5 Å². The predicted molar refractivity (Wildman–Crippen MR) is 75.8 cm³/mol. The first-order valence-corrected chi connectivity index (χ1v) is 7.44. The fourth-order valence-electron chi connectivity index (χ4n) is 3.58. The quantitative estimate of drug-likeness (QED) is 0.801. The number of nitrogens with zero attached hydrogens (tertiary/aromatic N) is 1. The number of carbonyl (C=O) groups is 3. The molecule has 2 aliphatic carbocycles. The van der Waals surface area contributed by atoms with Crippen LogP contribution in [-0.4, -0.2) is 17.8 Å². The number of carbonyl (C=O) groups excluding carboxylic acids is 3. The molecule has 0 radical (unpaired) electrons. The van der Waals surface area contributed by atoms with Gasteiger partial charge in [-0.3, -0.25) is 14.9 Å². The van der Waals surface area contributed by atoms with E-state index in [-0.39, 0.29) is 5.91 Å². The lowest BCUT2D eigenvalue weighted by atomic mass is 9.66. The zero-order valence-electron chi connectivity index (χ0n) is 11.6. The van der Waals surface area contributed by atoms with Gasteiger partial charge in [-0.05, 0) is 55.4 Å². The van der Waals surface area contributed by atoms with Gasteiger partial charge in [0, 0.05) is 0 Å². The van der Waals surface area contributed by atoms with Gasteiger partial charge in [0.25, 0.3) is 5.91 Å². The summed E-state index contributed by atoms with van der Waals surface area (Å²) in [6.45, 7) is 0. The molecule has 1 heterocycles. The molecule has 1 saturated carbocycles. The summed E-state index contributed by atoms with van der Waals surface area (Å²) in [7, 11) is 0. The van der Waals surface area contributed by atoms with Gasteiger partial charge in [0.2, 0.25) is 5.91 Å². The molecule has 5 heteroatoms. The van der Waals surface area contributed by atoms with E-state index in [1.165, 1.54) is 11.1 Å². The molecule has 1 saturated heterocycles. The van der Waals surface area contributed by atoms with Crippen molar-refractivity contribution >= 4 is 23.5 Å². The van der Waals surface area contributed by atoms with E-state index < -0.39 is 17.4 Å². The lowest BCUT2D eigenvalue weighted by Gasteiger charge is -2.44. The van der Waals surface area contributed by atoms with Gasteiger partial charge in [0.05, 0.1) is 5.69 Å². The molecule has 2 fully saturated rings. The van der Waals surface area contributed by atoms with Gasteiger partial charge in [-0.2, -0.15) is 0 Å². The first-order valence-electron chi connectivity index (χ1n) is 7.44. The fourth-order valence-corrected chi connectivity index (χ4v) is 3.58. The molecule has 0 aromatic heterocycles. The van der Waals surface area contributed by atoms with Crippen molar-refractivity contribution in [2.45, 2.75) is 38.5 Å². The van der Waals surface area contributed by atoms with Gasteiger partial charge >= 0.3 is 6.03 Å². The summed E-state index contributed by atoms with van der Waals surface area (Å²) in [6, 6.07) is 5.09. The van der Waals surface area contributed by atoms with Crippen molar-refractivity contribution in [3.8, 4) is 0 Å². The molecular weight excluding hydrogens is 268 g/mol. The Kier molecular flexibility index (Phi) is 2.49. The summed E-state index contributed by atoms with van der Waals surface area (Å²) in [5.74, 6) is -0.790. The maximum atomic E-state index is 12.7. The zero-order valence-corrected chi connectivity index (χ0v) is 11.6. The van der Waals surface area contributed by atoms with Crippen LogP contribution in [0.3, 0.4) is 0 Å². The molecule has 1 aliphatic heterocycles. The van der Waals surface area contributed by atoms with E-state index in [1.54, 1.807) is 0 Å². The Bertz CT molecular complexity index is 676. The summed E-state index contributed by atoms with van der Waals surface area (Å²) in [5, 5.41) is 2.35. The molecule has 4 rings (SSSR count). The molecular formula is C16H16N2O3. The van der Waals surface area contributed by atoms with Gasteiger partial charge < -0.3 is 0 Å². The third-order valence-electron chi connectivity index (χ3n) is 5.02. The number of benzene rings is 1. The average molecular weight is 284 g/mol. The SMILES string of the molecule is O=C1NC(=O)C2(CCC2)C(=O)N1c1ccc2c(c1)CCC2. The second-order valence-corrected chi connectivity index (χ2v) is 6.14. The molecule has 1 aromatic carbocycles. The number of urea groups is 1. The summed E-state index contributed by atoms with van der Waals surface area (Å²) >= 11 is 0. The smallest absolute Gasteiger partial charge is 0.276 e. The van der Waals surface area contributed by atoms with Crippen LogP contribution in [-0.2, 0) is 22.4 Å². The Balaban J connectivity index is 1.75. The maximum absolute atomic E-state index is 12.7. The first-order chi connectivity index (χ1) is 10.1. The number of fused-ring (bicyclic) bond motifs is 1. The van der Waals surface area contributed by atoms with Crippen LogP contribution in [0.15, 0.2) is 18.2 Å². The van der Waals surface area contributed by atoms with Gasteiger partial charge in [0.1, 0.15) is 5.41 Å². The van der Waals surface area contributed by atoms with E-state index in [0.29, 0.717) is 18.5 Å². The highest BCUT2D eigenvalue weighted by Crippen LogP contribution is 2.45. The molecule has 5 nitrogen and oxygen atoms in total. The lowest BCUT2D eigenvalue weighted by Crippen LogP contribution is -2.66. The largest absolute Gasteiger partial charge is 0.335 e. The van der Waals surface area contributed by atoms with E-state index in [9.17, 15) is 14.4 Å². The van der Waals surface area contributed by atoms with Gasteiger partial charge in [0.15, 0.2) is 0 Å². The number of imide groups is 2. The Labute approximate surface area is 122 Å². The standard InChI is InChI=1S/C16H16N2O3/c19-13-16(7-2-8-16)14(20)18(15(21)17-13)12-6-5-10-3-1-4-11(10)9-12/h5-6,9H,1-4,7-8H2,(H,17,19,21). The van der Waals surface area contributed by atoms with E-state index in [1.807, 2.05) is 18.2 Å². The van der Waals surface area contributed by atoms with Crippen molar-refractivity contribution in [2.75, 3.05) is 4.90 Å². The van der Waals surface area contributed by atoms with E-state index in [4.69, 9.17) is 0 Å². The fraction of sp³-hybridized carbons (Fsp3) is 0.438. The summed E-state index contributed by atoms with van der Waals surface area (Å²) in [6.07, 6.45) is 5.07. The third-order valence-corrected chi connectivity index (χ3v) is 5.02. The molecule has 3 aliphatic rings. The van der Waals surface area contributed by atoms with Crippen LogP contribution < -0.4 is 10.2 Å². The van der Waals surface area contributed by atoms with Crippen molar-refractivity contribution in [3.05, 3.63) is 29.3 Å². The van der Waals surface area contributed by atoms with Crippen LogP contribution in [0, 0.1) is 5.41 Å². The molecule has 1 spiro atoms. The Morgan fingerprint density at radius 1 is 1.00 bits per heavy atom. The van der Waals surface area contributed by atoms with Crippen molar-refractivity contribution in [1.82, 2.24) is 5.32 Å². The minimum absolute atomic E-state index is 0.361. The molecule has 1 aromatic rings. The van der Waals surface area contributed by atoms with Crippen LogP contribution in [0.1, 0.15) is 36.8 Å². The monoisotopic (exact) mass is 284 g/mol. The normalized spacial score (nSPS) is 23.0. The second kappa shape index (κ2) is 4.16. The second-order valence-electron chi connectivity index (χ2n) is 6.14. The number of amides is 4. The van der Waals surface area contributed by atoms with Crippen molar-refractivity contribution in [3.63, 3.8) is 0 Å². The lowest BCUT2D eigenvalue weighted by molar-refractivity contribution is -0.148. The molecule has 0 bridgehead atoms. The highest BCUT2D eigenvalue weighted by molar-refractivity contribution is 6.30. The highest BCUT2D eigenvalue weighted by atomic mass is 16.2. The summed E-state index contributed by atoms with van der Waals surface area (Å²) in [4.78, 5) is 38.0. The Hall–Kier alpha value is -2.17. The van der Waals surface area contributed by atoms with E-state index in [0.717, 1.165) is 30.6 Å². The van der Waals surface area contributed by atoms with Crippen molar-refractivity contribution < 1.29 is 14.4 Å². The van der Waals surface area contributed by atoms with Crippen molar-refractivity contribution in [1.29, 1.82) is 0 Å². The zero-order chi connectivity index (χ0) is 14.6. The van der Waals surface area contributed by atoms with Gasteiger partial charge in [-0.1, -0.05) is 12.5 Å². The molecule has 108 valence electrons. The first kappa shape index (κ1) is 12.6. The van der Waals surface area contributed by atoms with Crippen LogP contribution in [0.5, 0.6) is 0 Å². The molecule has 21 heavy (non-hydrogen) atoms. The maximum Gasteiger partial charge on any atom is 0.335 e. The van der Waals surface area contributed by atoms with Crippen LogP contribution in [0.25, 0.3) is 0 Å². The number of barbiturate groups is 1. The van der Waals surface area contributed by atoms with Crippen LogP contribution >= 0.6 is 0 Å². The van der Waals surface area contributed by atoms with Crippen molar-refractivity contribution in [2.24, 2.45) is 5.41 Å². The van der Waals surface area contributed by atoms with Gasteiger partial charge in [-0.15, -0.1) is 0 Å². The number of nitrogens with one attached hydrogen (secondary N) is 1.